The first-order valence-electron chi connectivity index (χ1n) is 6.08. The third-order valence-electron chi connectivity index (χ3n) is 2.54. The first-order chi connectivity index (χ1) is 9.58. The van der Waals surface area contributed by atoms with Crippen molar-refractivity contribution < 1.29 is 55.4 Å². The number of hydrogen-bond acceptors (Lipinski definition) is 5. The van der Waals surface area contributed by atoms with Crippen LogP contribution in [0.25, 0.3) is 0 Å². The number of ether oxygens (including phenoxy) is 3. The van der Waals surface area contributed by atoms with E-state index >= 15 is 0 Å². The van der Waals surface area contributed by atoms with Gasteiger partial charge in [0.1, 0.15) is 0 Å². The summed E-state index contributed by atoms with van der Waals surface area (Å²) in [4.78, 5) is 23.1. The van der Waals surface area contributed by atoms with Crippen LogP contribution < -0.4 is 10.5 Å². The summed E-state index contributed by atoms with van der Waals surface area (Å²) in [6.07, 6.45) is -1.58. The average molecular weight is 485 g/mol. The Bertz CT molecular complexity index is 438. The van der Waals surface area contributed by atoms with Crippen molar-refractivity contribution in [2.45, 2.75) is 16.1 Å². The molecule has 0 radical (unpaired) electrons. The van der Waals surface area contributed by atoms with Gasteiger partial charge in [-0.05, 0) is 0 Å². The standard InChI is InChI=1S/C13H16NO5.Hg.H2O/c1-9(17-2)8-18-13(16)11(12(14)15)19-10-6-4-3-5-7-10;;/h3-7,9,11H,1,8H2,2H3,(H2,14,15);;1H2. The number of esters is 1. The molecular formula is C13H18HgNO6. The minimum atomic E-state index is -1.45. The zero-order valence-electron chi connectivity index (χ0n) is 11.8. The van der Waals surface area contributed by atoms with Gasteiger partial charge in [0, 0.05) is 0 Å². The molecule has 0 aromatic heterocycles. The quantitative estimate of drug-likeness (QED) is 0.306. The maximum absolute atomic E-state index is 11.8. The first-order valence-corrected chi connectivity index (χ1v) is 9.97. The van der Waals surface area contributed by atoms with E-state index < -0.39 is 18.0 Å². The molecule has 0 aliphatic carbocycles. The van der Waals surface area contributed by atoms with Gasteiger partial charge in [-0.15, -0.1) is 0 Å². The molecular weight excluding hydrogens is 467 g/mol. The van der Waals surface area contributed by atoms with Crippen molar-refractivity contribution in [1.82, 2.24) is 0 Å². The van der Waals surface area contributed by atoms with Crippen molar-refractivity contribution in [1.29, 1.82) is 0 Å². The fraction of sp³-hybridized carbons (Fsp3) is 0.385. The maximum Gasteiger partial charge on any atom is -0.412 e. The summed E-state index contributed by atoms with van der Waals surface area (Å²) in [6, 6.07) is 8.49. The molecule has 0 heterocycles. The number of primary amides is 1. The molecule has 0 aliphatic rings. The number of carbonyl (C=O) groups is 2. The first kappa shape index (κ1) is 19.8. The molecule has 7 nitrogen and oxygen atoms in total. The summed E-state index contributed by atoms with van der Waals surface area (Å²) in [5, 5.41) is 0. The maximum atomic E-state index is 11.8. The molecule has 2 atom stereocenters. The van der Waals surface area contributed by atoms with Crippen LogP contribution in [0.15, 0.2) is 30.3 Å². The Hall–Kier alpha value is -1.18. The zero-order valence-corrected chi connectivity index (χ0v) is 17.3. The molecule has 0 spiro atoms. The van der Waals surface area contributed by atoms with Gasteiger partial charge in [0.25, 0.3) is 0 Å². The molecule has 0 saturated carbocycles. The van der Waals surface area contributed by atoms with Crippen molar-refractivity contribution in [2.75, 3.05) is 13.7 Å². The van der Waals surface area contributed by atoms with Gasteiger partial charge >= 0.3 is 133 Å². The summed E-state index contributed by atoms with van der Waals surface area (Å²) in [5.41, 5.74) is 5.17. The van der Waals surface area contributed by atoms with Gasteiger partial charge < -0.3 is 5.48 Å². The van der Waals surface area contributed by atoms with E-state index in [0.717, 1.165) is 3.93 Å². The predicted octanol–water partition coefficient (Wildman–Crippen LogP) is -0.382. The smallest absolute Gasteiger partial charge is 0.412 e. The number of benzene rings is 1. The SMILES string of the molecule is COC([CH2][Hg])COC(=O)C(Oc1ccccc1)C(N)=O.O. The molecule has 4 N–H and O–H groups in total. The molecule has 21 heavy (non-hydrogen) atoms. The normalized spacial score (nSPS) is 12.7. The van der Waals surface area contributed by atoms with Crippen LogP contribution in [-0.4, -0.2) is 43.3 Å². The number of para-hydroxylation sites is 1. The minimum Gasteiger partial charge on any atom is -0.412 e. The number of hydrogen-bond donors (Lipinski definition) is 1. The zero-order chi connectivity index (χ0) is 15.0. The Morgan fingerprint density at radius 2 is 1.90 bits per heavy atom. The van der Waals surface area contributed by atoms with E-state index in [0.29, 0.717) is 31.9 Å². The average Bonchev–Trinajstić information content (AvgIpc) is 2.46. The number of rotatable bonds is 8. The summed E-state index contributed by atoms with van der Waals surface area (Å²) in [5.74, 6) is -1.31. The van der Waals surface area contributed by atoms with E-state index in [-0.39, 0.29) is 18.2 Å². The van der Waals surface area contributed by atoms with Crippen molar-refractivity contribution in [3.05, 3.63) is 30.3 Å². The topological polar surface area (TPSA) is 119 Å². The minimum absolute atomic E-state index is 0. The van der Waals surface area contributed by atoms with E-state index in [9.17, 15) is 9.59 Å². The van der Waals surface area contributed by atoms with Crippen LogP contribution in [0.1, 0.15) is 0 Å². The molecule has 1 aromatic rings. The van der Waals surface area contributed by atoms with Crippen LogP contribution >= 0.6 is 0 Å². The van der Waals surface area contributed by atoms with E-state index in [2.05, 4.69) is 0 Å². The van der Waals surface area contributed by atoms with E-state index in [1.807, 2.05) is 0 Å². The van der Waals surface area contributed by atoms with Crippen LogP contribution in [0.3, 0.4) is 0 Å². The second-order valence-corrected chi connectivity index (χ2v) is 6.23. The molecule has 8 heteroatoms. The van der Waals surface area contributed by atoms with Gasteiger partial charge in [-0.3, -0.25) is 0 Å². The molecule has 0 bridgehead atoms. The van der Waals surface area contributed by atoms with Gasteiger partial charge in [0.05, 0.1) is 0 Å². The van der Waals surface area contributed by atoms with Crippen LogP contribution in [0, 0.1) is 0 Å². The van der Waals surface area contributed by atoms with Crippen LogP contribution in [0.4, 0.5) is 0 Å². The molecule has 1 amide bonds. The van der Waals surface area contributed by atoms with E-state index in [1.54, 1.807) is 37.4 Å². The van der Waals surface area contributed by atoms with Crippen LogP contribution in [0.5, 0.6) is 5.75 Å². The van der Waals surface area contributed by atoms with E-state index in [4.69, 9.17) is 19.9 Å². The van der Waals surface area contributed by atoms with Gasteiger partial charge in [0.15, 0.2) is 0 Å². The Labute approximate surface area is 139 Å². The number of nitrogens with two attached hydrogens (primary N) is 1. The summed E-state index contributed by atoms with van der Waals surface area (Å²) in [7, 11) is 1.55. The fourth-order valence-corrected chi connectivity index (χ4v) is 2.94. The van der Waals surface area contributed by atoms with Gasteiger partial charge in [-0.1, -0.05) is 0 Å². The van der Waals surface area contributed by atoms with Gasteiger partial charge in [0.2, 0.25) is 0 Å². The van der Waals surface area contributed by atoms with Crippen molar-refractivity contribution >= 4 is 11.9 Å². The Kier molecular flexibility index (Phi) is 9.93. The van der Waals surface area contributed by atoms with Crippen LogP contribution in [0.2, 0.25) is 3.93 Å². The number of amides is 1. The van der Waals surface area contributed by atoms with Crippen molar-refractivity contribution in [3.63, 3.8) is 0 Å². The van der Waals surface area contributed by atoms with Crippen molar-refractivity contribution in [2.24, 2.45) is 5.73 Å². The van der Waals surface area contributed by atoms with Gasteiger partial charge in [-0.25, -0.2) is 0 Å². The van der Waals surface area contributed by atoms with Crippen LogP contribution in [-0.2, 0) is 45.2 Å². The molecule has 1 rings (SSSR count). The van der Waals surface area contributed by atoms with Gasteiger partial charge in [-0.2, -0.15) is 0 Å². The summed E-state index contributed by atoms with van der Waals surface area (Å²) in [6.45, 7) is 0.0980. The fourth-order valence-electron chi connectivity index (χ4n) is 1.38. The third kappa shape index (κ3) is 6.88. The number of methoxy groups -OCH3 is 1. The summed E-state index contributed by atoms with van der Waals surface area (Å²) < 4.78 is 16.3. The Morgan fingerprint density at radius 3 is 2.38 bits per heavy atom. The molecule has 0 fully saturated rings. The second-order valence-electron chi connectivity index (χ2n) is 3.99. The largest absolute Gasteiger partial charge is 0.412 e. The molecule has 0 aliphatic heterocycles. The third-order valence-corrected chi connectivity index (χ3v) is 5.04. The molecule has 0 saturated heterocycles. The molecule has 2 unspecified atom stereocenters. The second kappa shape index (κ2) is 10.5. The Morgan fingerprint density at radius 1 is 1.29 bits per heavy atom. The molecule has 113 valence electrons. The number of carbonyl (C=O) groups excluding carboxylic acids is 2. The predicted molar refractivity (Wildman–Crippen MR) is 70.2 cm³/mol. The van der Waals surface area contributed by atoms with E-state index in [1.165, 1.54) is 0 Å². The van der Waals surface area contributed by atoms with Crippen molar-refractivity contribution in [3.8, 4) is 5.75 Å². The Balaban J connectivity index is 0.00000400. The summed E-state index contributed by atoms with van der Waals surface area (Å²) >= 11 is 0.539. The molecule has 1 aromatic carbocycles. The monoisotopic (exact) mass is 486 g/mol.